The zero-order chi connectivity index (χ0) is 48.6. The molecule has 3 aromatic heterocycles. The van der Waals surface area contributed by atoms with E-state index in [-0.39, 0.29) is 40.4 Å². The van der Waals surface area contributed by atoms with Gasteiger partial charge in [-0.15, -0.1) is 0 Å². The molecule has 369 valence electrons. The minimum absolute atomic E-state index is 0. The Morgan fingerprint density at radius 2 is 0.444 bits per heavy atom. The largest absolute Gasteiger partial charge is 3.00 e. The van der Waals surface area contributed by atoms with Crippen molar-refractivity contribution >= 4 is 24.6 Å². The van der Waals surface area contributed by atoms with E-state index in [1.807, 2.05) is 109 Å². The van der Waals surface area contributed by atoms with E-state index in [1.54, 1.807) is 0 Å². The molecule has 0 amide bonds. The van der Waals surface area contributed by atoms with Crippen LogP contribution in [0.25, 0.3) is 65.9 Å². The molecule has 1 radical (unpaired) electrons. The van der Waals surface area contributed by atoms with Crippen LogP contribution in [0.4, 0.5) is 0 Å². The normalized spacial score (nSPS) is 14.3. The number of nitrogens with zero attached hydrogens (tertiary/aromatic N) is 6. The fourth-order valence-electron chi connectivity index (χ4n) is 7.02. The molecular formula is C58H62N6O4P3Sm. The Balaban J connectivity index is 0.000000147. The minimum atomic E-state index is 0. The van der Waals surface area contributed by atoms with Crippen LogP contribution in [0, 0.1) is 40.4 Å². The van der Waals surface area contributed by atoms with E-state index in [2.05, 4.69) is 103 Å². The Labute approximate surface area is 462 Å². The van der Waals surface area contributed by atoms with E-state index in [0.717, 1.165) is 143 Å². The van der Waals surface area contributed by atoms with Crippen LogP contribution in [0.3, 0.4) is 0 Å². The minimum Gasteiger partial charge on any atom is -0.570 e. The molecule has 6 aromatic carbocycles. The summed E-state index contributed by atoms with van der Waals surface area (Å²) in [4.78, 5) is 0. The molecule has 72 heavy (non-hydrogen) atoms. The van der Waals surface area contributed by atoms with Crippen LogP contribution >= 0.6 is 24.6 Å². The molecule has 4 aliphatic rings. The van der Waals surface area contributed by atoms with Crippen molar-refractivity contribution in [1.29, 1.82) is 0 Å². The van der Waals surface area contributed by atoms with Gasteiger partial charge in [-0.05, 0) is 68.1 Å². The fraction of sp³-hybridized carbons (Fsp3) is 0.276. The number of benzene rings is 6. The molecule has 4 saturated heterocycles. The molecular weight excluding hydrogens is 1090 g/mol. The first-order valence-electron chi connectivity index (χ1n) is 24.6. The third kappa shape index (κ3) is 20.7. The standard InChI is InChI=1S/3C14H10N2P.4C4H8O.Sm/c3*1-3-7-11(8-4-1)13-15-16-14(17-13)12-9-5-2-6-10-12;4*1-2-4-5-3-1;/h3*1-10H;4*1-4H2;/q3*-1;;;;;+3. The molecule has 4 fully saturated rings. The van der Waals surface area contributed by atoms with Crippen LogP contribution in [0.1, 0.15) is 51.4 Å². The van der Waals surface area contributed by atoms with Crippen LogP contribution in [0.15, 0.2) is 182 Å². The average Bonchev–Trinajstić information content (AvgIpc) is 4.32. The Bertz CT molecular complexity index is 2220. The van der Waals surface area contributed by atoms with Gasteiger partial charge in [-0.25, -0.2) is 0 Å². The molecule has 9 aromatic rings. The van der Waals surface area contributed by atoms with Crippen LogP contribution in [-0.2, 0) is 18.9 Å². The summed E-state index contributed by atoms with van der Waals surface area (Å²) in [5.74, 6) is 0. The molecule has 14 heteroatoms. The van der Waals surface area contributed by atoms with Crippen molar-refractivity contribution in [3.63, 3.8) is 0 Å². The van der Waals surface area contributed by atoms with E-state index in [9.17, 15) is 0 Å². The number of hydrogen-bond donors (Lipinski definition) is 0. The van der Waals surface area contributed by atoms with Gasteiger partial charge in [0.05, 0.1) is 16.3 Å². The average molecular weight is 1150 g/mol. The third-order valence-corrected chi connectivity index (χ3v) is 14.2. The second kappa shape index (κ2) is 34.8. The number of ether oxygens (including phenoxy) is 4. The molecule has 13 rings (SSSR count). The fourth-order valence-corrected chi connectivity index (χ4v) is 9.83. The van der Waals surface area contributed by atoms with Gasteiger partial charge in [0.25, 0.3) is 0 Å². The second-order valence-electron chi connectivity index (χ2n) is 16.4. The molecule has 0 atom stereocenters. The van der Waals surface area contributed by atoms with E-state index in [1.165, 1.54) is 51.4 Å². The van der Waals surface area contributed by atoms with Gasteiger partial charge in [0.1, 0.15) is 0 Å². The van der Waals surface area contributed by atoms with Gasteiger partial charge in [-0.2, -0.15) is 0 Å². The third-order valence-electron chi connectivity index (χ3n) is 10.9. The summed E-state index contributed by atoms with van der Waals surface area (Å²) in [5.41, 5.74) is 13.0. The summed E-state index contributed by atoms with van der Waals surface area (Å²) in [5, 5.41) is 25.5. The van der Waals surface area contributed by atoms with Crippen molar-refractivity contribution in [2.24, 2.45) is 0 Å². The molecule has 0 N–H and O–H groups in total. The number of rotatable bonds is 6. The first kappa shape index (κ1) is 56.7. The second-order valence-corrected chi connectivity index (χ2v) is 19.6. The molecule has 0 aliphatic carbocycles. The topological polar surface area (TPSA) is 118 Å². The van der Waals surface area contributed by atoms with Crippen molar-refractivity contribution in [3.05, 3.63) is 182 Å². The molecule has 0 spiro atoms. The van der Waals surface area contributed by atoms with Gasteiger partial charge < -0.3 is 49.5 Å². The summed E-state index contributed by atoms with van der Waals surface area (Å²) >= 11 is 0. The monoisotopic (exact) mass is 1150 g/mol. The first-order chi connectivity index (χ1) is 35.3. The van der Waals surface area contributed by atoms with Crippen molar-refractivity contribution in [2.75, 3.05) is 52.9 Å². The molecule has 0 saturated carbocycles. The van der Waals surface area contributed by atoms with Gasteiger partial charge in [-0.3, -0.25) is 0 Å². The maximum absolute atomic E-state index is 4.94. The number of aromatic nitrogens is 6. The SMILES string of the molecule is C1CCOC1.C1CCOC1.C1CCOC1.C1CCOC1.[Sm+3].c1ccc(-c2n[n-]c(-c3ccccc3)p2)cc1.c1ccc(-c2n[n-]c(-c3ccccc3)p2)cc1.c1ccc(-c2n[n-]c(-c3ccccc3)p2)cc1. The quantitative estimate of drug-likeness (QED) is 0.159. The maximum atomic E-state index is 4.94. The Morgan fingerprint density at radius 1 is 0.264 bits per heavy atom. The predicted octanol–water partition coefficient (Wildman–Crippen LogP) is 15.0. The summed E-state index contributed by atoms with van der Waals surface area (Å²) in [6.07, 6.45) is 10.2. The van der Waals surface area contributed by atoms with Gasteiger partial charge in [0.15, 0.2) is 0 Å². The molecule has 10 nitrogen and oxygen atoms in total. The van der Waals surface area contributed by atoms with E-state index in [4.69, 9.17) is 18.9 Å². The van der Waals surface area contributed by atoms with E-state index < -0.39 is 0 Å². The summed E-state index contributed by atoms with van der Waals surface area (Å²) in [7, 11) is 3.24. The van der Waals surface area contributed by atoms with Crippen molar-refractivity contribution in [3.8, 4) is 65.9 Å². The van der Waals surface area contributed by atoms with E-state index in [0.29, 0.717) is 0 Å². The van der Waals surface area contributed by atoms with Crippen LogP contribution in [0.2, 0.25) is 0 Å². The summed E-state index contributed by atoms with van der Waals surface area (Å²) in [6, 6.07) is 61.1. The van der Waals surface area contributed by atoms with Gasteiger partial charge in [0.2, 0.25) is 0 Å². The molecule has 7 heterocycles. The Morgan fingerprint density at radius 3 is 0.611 bits per heavy atom. The Hall–Kier alpha value is -4.58. The van der Waals surface area contributed by atoms with Crippen LogP contribution in [0.5, 0.6) is 0 Å². The van der Waals surface area contributed by atoms with Crippen molar-refractivity contribution in [1.82, 2.24) is 30.6 Å². The summed E-state index contributed by atoms with van der Waals surface area (Å²) in [6.45, 7) is 8.00. The molecule has 0 bridgehead atoms. The van der Waals surface area contributed by atoms with Gasteiger partial charge >= 0.3 is 40.4 Å². The molecule has 0 unspecified atom stereocenters. The van der Waals surface area contributed by atoms with Crippen molar-refractivity contribution in [2.45, 2.75) is 51.4 Å². The zero-order valence-corrected chi connectivity index (χ0v) is 46.0. The summed E-state index contributed by atoms with van der Waals surface area (Å²) < 4.78 is 19.8. The zero-order valence-electron chi connectivity index (χ0n) is 40.7. The van der Waals surface area contributed by atoms with Gasteiger partial charge in [-0.1, -0.05) is 223 Å². The Kier molecular flexibility index (Phi) is 27.4. The maximum Gasteiger partial charge on any atom is 3.00 e. The van der Waals surface area contributed by atoms with Crippen LogP contribution < -0.4 is 15.3 Å². The smallest absolute Gasteiger partial charge is 0.570 e. The first-order valence-corrected chi connectivity index (χ1v) is 27.2. The predicted molar refractivity (Wildman–Crippen MR) is 293 cm³/mol. The molecule has 4 aliphatic heterocycles. The van der Waals surface area contributed by atoms with Gasteiger partial charge in [0, 0.05) is 69.5 Å². The van der Waals surface area contributed by atoms with Crippen molar-refractivity contribution < 1.29 is 59.3 Å². The number of hydrogen-bond acceptors (Lipinski definition) is 7. The van der Waals surface area contributed by atoms with E-state index >= 15 is 0 Å². The van der Waals surface area contributed by atoms with Crippen LogP contribution in [-0.4, -0.2) is 68.2 Å².